The third-order valence-corrected chi connectivity index (χ3v) is 4.66. The lowest BCUT2D eigenvalue weighted by Crippen LogP contribution is -2.20. The maximum Gasteiger partial charge on any atom is 0.266 e. The van der Waals surface area contributed by atoms with Gasteiger partial charge in [0, 0.05) is 11.4 Å². The van der Waals surface area contributed by atoms with E-state index in [-0.39, 0.29) is 18.1 Å². The lowest BCUT2D eigenvalue weighted by atomic mass is 10.1. The topological polar surface area (TPSA) is 91.2 Å². The Morgan fingerprint density at radius 1 is 1.03 bits per heavy atom. The van der Waals surface area contributed by atoms with Crippen molar-refractivity contribution in [2.45, 2.75) is 13.8 Å². The van der Waals surface area contributed by atoms with Crippen LogP contribution in [0.1, 0.15) is 16.7 Å². The van der Waals surface area contributed by atoms with E-state index in [1.54, 1.807) is 24.3 Å². The molecule has 0 bridgehead atoms. The van der Waals surface area contributed by atoms with Gasteiger partial charge in [-0.2, -0.15) is 5.26 Å². The summed E-state index contributed by atoms with van der Waals surface area (Å²) in [4.78, 5) is 24.6. The van der Waals surface area contributed by atoms with Crippen molar-refractivity contribution in [2.24, 2.45) is 0 Å². The first-order valence-electron chi connectivity index (χ1n) is 10.1. The summed E-state index contributed by atoms with van der Waals surface area (Å²) >= 11 is 0. The predicted octanol–water partition coefficient (Wildman–Crippen LogP) is 5.01. The zero-order chi connectivity index (χ0) is 23.8. The Morgan fingerprint density at radius 3 is 2.48 bits per heavy atom. The molecule has 6 nitrogen and oxygen atoms in total. The molecule has 33 heavy (non-hydrogen) atoms. The molecular weight excluding hydrogens is 421 g/mol. The quantitative estimate of drug-likeness (QED) is 0.397. The average Bonchev–Trinajstić information content (AvgIpc) is 2.79. The van der Waals surface area contributed by atoms with E-state index in [1.165, 1.54) is 30.3 Å². The third-order valence-electron chi connectivity index (χ3n) is 4.66. The van der Waals surface area contributed by atoms with E-state index in [2.05, 4.69) is 10.6 Å². The van der Waals surface area contributed by atoms with Gasteiger partial charge in [-0.1, -0.05) is 29.8 Å². The Hall–Kier alpha value is -4.44. The van der Waals surface area contributed by atoms with Gasteiger partial charge < -0.3 is 15.4 Å². The van der Waals surface area contributed by atoms with E-state index >= 15 is 0 Å². The van der Waals surface area contributed by atoms with Crippen molar-refractivity contribution >= 4 is 29.3 Å². The van der Waals surface area contributed by atoms with Gasteiger partial charge in [0.25, 0.3) is 11.8 Å². The SMILES string of the molecule is Cc1ccc(NC(=O)COc2cccc(/C=C(\C#N)C(=O)Nc3ccc(F)cc3)c2)c(C)c1. The molecule has 2 N–H and O–H groups in total. The van der Waals surface area contributed by atoms with Crippen LogP contribution < -0.4 is 15.4 Å². The molecule has 7 heteroatoms. The molecule has 0 saturated heterocycles. The molecule has 0 aliphatic carbocycles. The fraction of sp³-hybridized carbons (Fsp3) is 0.115. The lowest BCUT2D eigenvalue weighted by Gasteiger charge is -2.10. The van der Waals surface area contributed by atoms with Crippen LogP contribution >= 0.6 is 0 Å². The molecule has 0 fully saturated rings. The molecule has 166 valence electrons. The number of nitriles is 1. The molecule has 2 amide bonds. The Bertz CT molecular complexity index is 1240. The second-order valence-corrected chi connectivity index (χ2v) is 7.36. The zero-order valence-electron chi connectivity index (χ0n) is 18.2. The van der Waals surface area contributed by atoms with E-state index in [1.807, 2.05) is 38.1 Å². The number of amides is 2. The van der Waals surface area contributed by atoms with E-state index in [0.29, 0.717) is 17.0 Å². The number of nitrogens with one attached hydrogen (secondary N) is 2. The molecular formula is C26H22FN3O3. The summed E-state index contributed by atoms with van der Waals surface area (Å²) < 4.78 is 18.6. The van der Waals surface area contributed by atoms with Gasteiger partial charge in [0.1, 0.15) is 23.2 Å². The van der Waals surface area contributed by atoms with Crippen molar-refractivity contribution in [1.82, 2.24) is 0 Å². The van der Waals surface area contributed by atoms with E-state index < -0.39 is 11.7 Å². The Balaban J connectivity index is 1.63. The summed E-state index contributed by atoms with van der Waals surface area (Å²) in [6.07, 6.45) is 1.40. The lowest BCUT2D eigenvalue weighted by molar-refractivity contribution is -0.118. The van der Waals surface area contributed by atoms with Crippen molar-refractivity contribution in [1.29, 1.82) is 5.26 Å². The number of aryl methyl sites for hydroxylation is 2. The number of rotatable bonds is 7. The summed E-state index contributed by atoms with van der Waals surface area (Å²) in [6.45, 7) is 3.70. The number of halogens is 1. The molecule has 0 spiro atoms. The minimum absolute atomic E-state index is 0.135. The first-order chi connectivity index (χ1) is 15.8. The van der Waals surface area contributed by atoms with Crippen molar-refractivity contribution in [3.63, 3.8) is 0 Å². The fourth-order valence-electron chi connectivity index (χ4n) is 3.03. The van der Waals surface area contributed by atoms with Gasteiger partial charge in [-0.15, -0.1) is 0 Å². The van der Waals surface area contributed by atoms with Crippen molar-refractivity contribution in [3.05, 3.63) is 94.8 Å². The molecule has 0 radical (unpaired) electrons. The molecule has 0 saturated carbocycles. The third kappa shape index (κ3) is 6.77. The molecule has 0 heterocycles. The minimum Gasteiger partial charge on any atom is -0.484 e. The molecule has 3 rings (SSSR count). The number of ether oxygens (including phenoxy) is 1. The second kappa shape index (κ2) is 10.7. The molecule has 0 aromatic heterocycles. The summed E-state index contributed by atoms with van der Waals surface area (Å²) in [5.74, 6) is -0.943. The number of carbonyl (C=O) groups excluding carboxylic acids is 2. The van der Waals surface area contributed by atoms with E-state index in [4.69, 9.17) is 4.74 Å². The number of carbonyl (C=O) groups is 2. The Morgan fingerprint density at radius 2 is 1.79 bits per heavy atom. The van der Waals surface area contributed by atoms with E-state index in [0.717, 1.165) is 16.8 Å². The number of anilines is 2. The largest absolute Gasteiger partial charge is 0.484 e. The molecule has 0 unspecified atom stereocenters. The molecule has 0 aliphatic rings. The standard InChI is InChI=1S/C26H22FN3O3/c1-17-6-11-24(18(2)12-17)30-25(31)16-33-23-5-3-4-19(14-23)13-20(15-28)26(32)29-22-9-7-21(27)8-10-22/h3-14H,16H2,1-2H3,(H,29,32)(H,30,31)/b20-13+. The molecule has 3 aromatic carbocycles. The van der Waals surface area contributed by atoms with Crippen LogP contribution in [0.3, 0.4) is 0 Å². The highest BCUT2D eigenvalue weighted by Gasteiger charge is 2.11. The van der Waals surface area contributed by atoms with Crippen molar-refractivity contribution in [3.8, 4) is 11.8 Å². The van der Waals surface area contributed by atoms with Crippen LogP contribution in [-0.2, 0) is 9.59 Å². The first kappa shape index (κ1) is 23.2. The van der Waals surface area contributed by atoms with Crippen molar-refractivity contribution < 1.29 is 18.7 Å². The molecule has 0 aliphatic heterocycles. The summed E-state index contributed by atoms with van der Waals surface area (Å²) in [5, 5.41) is 14.7. The summed E-state index contributed by atoms with van der Waals surface area (Å²) in [6, 6.07) is 19.5. The molecule has 3 aromatic rings. The Labute approximate surface area is 191 Å². The predicted molar refractivity (Wildman–Crippen MR) is 125 cm³/mol. The second-order valence-electron chi connectivity index (χ2n) is 7.36. The van der Waals surface area contributed by atoms with E-state index in [9.17, 15) is 19.2 Å². The number of hydrogen-bond donors (Lipinski definition) is 2. The van der Waals surface area contributed by atoms with Gasteiger partial charge in [-0.05, 0) is 73.5 Å². The number of benzene rings is 3. The zero-order valence-corrected chi connectivity index (χ0v) is 18.2. The van der Waals surface area contributed by atoms with Crippen LogP contribution in [0.4, 0.5) is 15.8 Å². The van der Waals surface area contributed by atoms with Crippen LogP contribution in [0.5, 0.6) is 5.75 Å². The number of hydrogen-bond acceptors (Lipinski definition) is 4. The van der Waals surface area contributed by atoms with Gasteiger partial charge >= 0.3 is 0 Å². The van der Waals surface area contributed by atoms with Gasteiger partial charge in [0.15, 0.2) is 6.61 Å². The van der Waals surface area contributed by atoms with Crippen LogP contribution in [-0.4, -0.2) is 18.4 Å². The van der Waals surface area contributed by atoms with Crippen LogP contribution in [0, 0.1) is 31.0 Å². The smallest absolute Gasteiger partial charge is 0.266 e. The number of nitrogens with zero attached hydrogens (tertiary/aromatic N) is 1. The highest BCUT2D eigenvalue weighted by atomic mass is 19.1. The highest BCUT2D eigenvalue weighted by Crippen LogP contribution is 2.18. The van der Waals surface area contributed by atoms with Crippen LogP contribution in [0.15, 0.2) is 72.3 Å². The maximum absolute atomic E-state index is 13.0. The summed E-state index contributed by atoms with van der Waals surface area (Å²) in [5.41, 5.74) is 3.57. The van der Waals surface area contributed by atoms with Crippen molar-refractivity contribution in [2.75, 3.05) is 17.2 Å². The first-order valence-corrected chi connectivity index (χ1v) is 10.1. The highest BCUT2D eigenvalue weighted by molar-refractivity contribution is 6.09. The van der Waals surface area contributed by atoms with Gasteiger partial charge in [0.2, 0.25) is 0 Å². The summed E-state index contributed by atoms with van der Waals surface area (Å²) in [7, 11) is 0. The molecule has 0 atom stereocenters. The van der Waals surface area contributed by atoms with Gasteiger partial charge in [-0.25, -0.2) is 4.39 Å². The average molecular weight is 443 g/mol. The van der Waals surface area contributed by atoms with Crippen LogP contribution in [0.2, 0.25) is 0 Å². The minimum atomic E-state index is -0.622. The Kier molecular flexibility index (Phi) is 7.55. The van der Waals surface area contributed by atoms with Gasteiger partial charge in [-0.3, -0.25) is 9.59 Å². The monoisotopic (exact) mass is 443 g/mol. The normalized spacial score (nSPS) is 10.8. The maximum atomic E-state index is 13.0. The van der Waals surface area contributed by atoms with Crippen LogP contribution in [0.25, 0.3) is 6.08 Å². The fourth-order valence-corrected chi connectivity index (χ4v) is 3.03. The van der Waals surface area contributed by atoms with Gasteiger partial charge in [0.05, 0.1) is 0 Å².